The van der Waals surface area contributed by atoms with Crippen LogP contribution >= 0.6 is 0 Å². The van der Waals surface area contributed by atoms with Gasteiger partial charge in [0.25, 0.3) is 0 Å². The van der Waals surface area contributed by atoms with Crippen LogP contribution in [0.2, 0.25) is 0 Å². The van der Waals surface area contributed by atoms with Crippen LogP contribution in [-0.4, -0.2) is 9.97 Å². The molecule has 0 saturated carbocycles. The molecule has 3 heteroatoms. The van der Waals surface area contributed by atoms with Crippen molar-refractivity contribution in [3.8, 4) is 11.3 Å². The monoisotopic (exact) mass is 174 g/mol. The fourth-order valence-electron chi connectivity index (χ4n) is 1.08. The molecule has 2 aromatic rings. The Morgan fingerprint density at radius 2 is 2.08 bits per heavy atom. The first-order chi connectivity index (χ1) is 6.36. The third kappa shape index (κ3) is 1.69. The highest BCUT2D eigenvalue weighted by Crippen LogP contribution is 2.14. The molecule has 0 aliphatic heterocycles. The molecule has 0 radical (unpaired) electrons. The van der Waals surface area contributed by atoms with Gasteiger partial charge in [-0.15, -0.1) is 0 Å². The molecule has 0 fully saturated rings. The van der Waals surface area contributed by atoms with Crippen LogP contribution in [0.5, 0.6) is 0 Å². The molecule has 0 amide bonds. The highest BCUT2D eigenvalue weighted by Gasteiger charge is 1.98. The van der Waals surface area contributed by atoms with Crippen LogP contribution in [0.1, 0.15) is 0 Å². The summed E-state index contributed by atoms with van der Waals surface area (Å²) in [7, 11) is 0. The summed E-state index contributed by atoms with van der Waals surface area (Å²) < 4.78 is 12.8. The van der Waals surface area contributed by atoms with Crippen molar-refractivity contribution in [2.75, 3.05) is 0 Å². The summed E-state index contributed by atoms with van der Waals surface area (Å²) in [6.45, 7) is 0. The van der Waals surface area contributed by atoms with Gasteiger partial charge < -0.3 is 0 Å². The van der Waals surface area contributed by atoms with Gasteiger partial charge in [0.1, 0.15) is 5.82 Å². The zero-order chi connectivity index (χ0) is 9.10. The molecule has 0 N–H and O–H groups in total. The Morgan fingerprint density at radius 1 is 1.15 bits per heavy atom. The van der Waals surface area contributed by atoms with Crippen LogP contribution in [0.4, 0.5) is 4.39 Å². The molecule has 2 rings (SSSR count). The number of pyridine rings is 2. The van der Waals surface area contributed by atoms with E-state index in [1.54, 1.807) is 18.5 Å². The molecule has 0 aliphatic rings. The minimum absolute atomic E-state index is 0.283. The van der Waals surface area contributed by atoms with Crippen LogP contribution in [0.15, 0.2) is 42.9 Å². The maximum Gasteiger partial charge on any atom is 0.126 e. The Kier molecular flexibility index (Phi) is 2.00. The fourth-order valence-corrected chi connectivity index (χ4v) is 1.08. The van der Waals surface area contributed by atoms with E-state index in [1.807, 2.05) is 6.07 Å². The van der Waals surface area contributed by atoms with Gasteiger partial charge in [0, 0.05) is 30.2 Å². The van der Waals surface area contributed by atoms with E-state index >= 15 is 0 Å². The van der Waals surface area contributed by atoms with Gasteiger partial charge in [-0.25, -0.2) is 4.39 Å². The molecule has 0 atom stereocenters. The summed E-state index contributed by atoms with van der Waals surface area (Å²) in [6, 6.07) is 6.34. The second kappa shape index (κ2) is 3.31. The van der Waals surface area contributed by atoms with Gasteiger partial charge in [0.2, 0.25) is 0 Å². The standard InChI is InChI=1S/C10H7FN2/c11-9-3-5-13-10(6-9)8-2-1-4-12-7-8/h1-7H. The maximum atomic E-state index is 12.8. The van der Waals surface area contributed by atoms with E-state index in [4.69, 9.17) is 0 Å². The summed E-state index contributed by atoms with van der Waals surface area (Å²) in [5, 5.41) is 0. The van der Waals surface area contributed by atoms with Gasteiger partial charge >= 0.3 is 0 Å². The maximum absolute atomic E-state index is 12.8. The first-order valence-corrected chi connectivity index (χ1v) is 3.88. The highest BCUT2D eigenvalue weighted by atomic mass is 19.1. The van der Waals surface area contributed by atoms with E-state index in [-0.39, 0.29) is 5.82 Å². The van der Waals surface area contributed by atoms with E-state index in [0.29, 0.717) is 5.69 Å². The van der Waals surface area contributed by atoms with Gasteiger partial charge in [-0.2, -0.15) is 0 Å². The minimum atomic E-state index is -0.283. The van der Waals surface area contributed by atoms with E-state index in [2.05, 4.69) is 9.97 Å². The van der Waals surface area contributed by atoms with E-state index < -0.39 is 0 Å². The number of nitrogens with zero attached hydrogens (tertiary/aromatic N) is 2. The van der Waals surface area contributed by atoms with E-state index in [1.165, 1.54) is 18.3 Å². The topological polar surface area (TPSA) is 25.8 Å². The first kappa shape index (κ1) is 7.86. The molecule has 2 nitrogen and oxygen atoms in total. The van der Waals surface area contributed by atoms with Gasteiger partial charge in [-0.3, -0.25) is 9.97 Å². The molecule has 2 aromatic heterocycles. The first-order valence-electron chi connectivity index (χ1n) is 3.88. The molecule has 0 bridgehead atoms. The van der Waals surface area contributed by atoms with Crippen molar-refractivity contribution in [2.24, 2.45) is 0 Å². The quantitative estimate of drug-likeness (QED) is 0.662. The van der Waals surface area contributed by atoms with Crippen LogP contribution in [-0.2, 0) is 0 Å². The molecule has 13 heavy (non-hydrogen) atoms. The number of halogens is 1. The lowest BCUT2D eigenvalue weighted by molar-refractivity contribution is 0.626. The zero-order valence-electron chi connectivity index (χ0n) is 6.81. The second-order valence-corrected chi connectivity index (χ2v) is 2.60. The number of hydrogen-bond donors (Lipinski definition) is 0. The van der Waals surface area contributed by atoms with Crippen LogP contribution < -0.4 is 0 Å². The third-order valence-electron chi connectivity index (χ3n) is 1.68. The van der Waals surface area contributed by atoms with Crippen molar-refractivity contribution < 1.29 is 4.39 Å². The number of rotatable bonds is 1. The third-order valence-corrected chi connectivity index (χ3v) is 1.68. The van der Waals surface area contributed by atoms with Crippen molar-refractivity contribution in [1.82, 2.24) is 9.97 Å². The van der Waals surface area contributed by atoms with E-state index in [9.17, 15) is 4.39 Å². The van der Waals surface area contributed by atoms with Crippen molar-refractivity contribution in [3.05, 3.63) is 48.7 Å². The minimum Gasteiger partial charge on any atom is -0.264 e. The zero-order valence-corrected chi connectivity index (χ0v) is 6.81. The molecule has 0 aliphatic carbocycles. The average molecular weight is 174 g/mol. The number of hydrogen-bond acceptors (Lipinski definition) is 2. The SMILES string of the molecule is Fc1ccnc(-c2cccnc2)c1. The van der Waals surface area contributed by atoms with Gasteiger partial charge in [-0.1, -0.05) is 0 Å². The van der Waals surface area contributed by atoms with Gasteiger partial charge in [0.05, 0.1) is 5.69 Å². The Balaban J connectivity index is 2.48. The molecule has 0 aromatic carbocycles. The molecule has 2 heterocycles. The Hall–Kier alpha value is -1.77. The lowest BCUT2D eigenvalue weighted by atomic mass is 10.2. The lowest BCUT2D eigenvalue weighted by Gasteiger charge is -1.98. The van der Waals surface area contributed by atoms with Crippen molar-refractivity contribution in [3.63, 3.8) is 0 Å². The molecule has 0 unspecified atom stereocenters. The molecular formula is C10H7FN2. The van der Waals surface area contributed by atoms with Crippen molar-refractivity contribution in [1.29, 1.82) is 0 Å². The van der Waals surface area contributed by atoms with Crippen molar-refractivity contribution in [2.45, 2.75) is 0 Å². The highest BCUT2D eigenvalue weighted by molar-refractivity contribution is 5.56. The normalized spacial score (nSPS) is 9.92. The number of aromatic nitrogens is 2. The molecule has 0 saturated heterocycles. The predicted octanol–water partition coefficient (Wildman–Crippen LogP) is 2.28. The van der Waals surface area contributed by atoms with Crippen LogP contribution in [0.25, 0.3) is 11.3 Å². The van der Waals surface area contributed by atoms with Crippen LogP contribution in [0.3, 0.4) is 0 Å². The summed E-state index contributed by atoms with van der Waals surface area (Å²) in [6.07, 6.45) is 4.77. The lowest BCUT2D eigenvalue weighted by Crippen LogP contribution is -1.84. The fraction of sp³-hybridized carbons (Fsp3) is 0. The van der Waals surface area contributed by atoms with Gasteiger partial charge in [0.15, 0.2) is 0 Å². The summed E-state index contributed by atoms with van der Waals surface area (Å²) in [4.78, 5) is 7.96. The smallest absolute Gasteiger partial charge is 0.126 e. The van der Waals surface area contributed by atoms with Gasteiger partial charge in [-0.05, 0) is 18.2 Å². The largest absolute Gasteiger partial charge is 0.264 e. The average Bonchev–Trinajstić information content (AvgIpc) is 2.19. The Bertz CT molecular complexity index is 401. The summed E-state index contributed by atoms with van der Waals surface area (Å²) in [5.74, 6) is -0.283. The Morgan fingerprint density at radius 3 is 2.77 bits per heavy atom. The predicted molar refractivity (Wildman–Crippen MR) is 47.4 cm³/mol. The second-order valence-electron chi connectivity index (χ2n) is 2.60. The Labute approximate surface area is 75.1 Å². The van der Waals surface area contributed by atoms with E-state index in [0.717, 1.165) is 5.56 Å². The molecule has 0 spiro atoms. The van der Waals surface area contributed by atoms with Crippen molar-refractivity contribution >= 4 is 0 Å². The molecular weight excluding hydrogens is 167 g/mol. The summed E-state index contributed by atoms with van der Waals surface area (Å²) >= 11 is 0. The molecule has 64 valence electrons. The summed E-state index contributed by atoms with van der Waals surface area (Å²) in [5.41, 5.74) is 1.43. The van der Waals surface area contributed by atoms with Crippen LogP contribution in [0, 0.1) is 5.82 Å².